The largest absolute Gasteiger partial charge is 0.213 e. The van der Waals surface area contributed by atoms with Gasteiger partial charge in [-0.15, -0.1) is 0 Å². The van der Waals surface area contributed by atoms with Gasteiger partial charge in [0.05, 0.1) is 0 Å². The summed E-state index contributed by atoms with van der Waals surface area (Å²) in [4.78, 5) is 0. The van der Waals surface area contributed by atoms with Gasteiger partial charge in [-0.2, -0.15) is 0 Å². The van der Waals surface area contributed by atoms with Gasteiger partial charge in [0, 0.05) is 17.7 Å². The fraction of sp³-hybridized carbons (Fsp3) is 0.261. The molecule has 0 atom stereocenters. The van der Waals surface area contributed by atoms with Crippen LogP contribution in [0.2, 0.25) is 0 Å². The molecule has 2 aromatic carbocycles. The average Bonchev–Trinajstić information content (AvgIpc) is 2.56. The Bertz CT molecular complexity index is 829. The Morgan fingerprint density at radius 2 is 1.58 bits per heavy atom. The average molecular weight is 316 g/mol. The predicted octanol–water partition coefficient (Wildman–Crippen LogP) is 5.35. The summed E-state index contributed by atoms with van der Waals surface area (Å²) in [5, 5.41) is 0. The molecule has 0 bridgehead atoms. The molecule has 0 aliphatic rings. The van der Waals surface area contributed by atoms with Crippen LogP contribution in [0.5, 0.6) is 0 Å². The van der Waals surface area contributed by atoms with Crippen molar-refractivity contribution in [1.82, 2.24) is 0 Å². The number of rotatable bonds is 4. The van der Waals surface area contributed by atoms with Gasteiger partial charge in [0.1, 0.15) is 7.05 Å². The molecule has 1 aromatic heterocycles. The lowest BCUT2D eigenvalue weighted by atomic mass is 9.98. The van der Waals surface area contributed by atoms with Gasteiger partial charge in [-0.25, -0.2) is 4.57 Å². The molecule has 3 rings (SSSR count). The van der Waals surface area contributed by atoms with E-state index in [9.17, 15) is 0 Å². The summed E-state index contributed by atoms with van der Waals surface area (Å²) in [5.41, 5.74) is 7.79. The zero-order chi connectivity index (χ0) is 17.1. The van der Waals surface area contributed by atoms with Gasteiger partial charge in [-0.05, 0) is 47.6 Å². The van der Waals surface area contributed by atoms with Crippen molar-refractivity contribution in [3.8, 4) is 22.4 Å². The summed E-state index contributed by atoms with van der Waals surface area (Å²) < 4.78 is 2.19. The molecule has 0 aliphatic heterocycles. The first kappa shape index (κ1) is 16.4. The summed E-state index contributed by atoms with van der Waals surface area (Å²) in [6.07, 6.45) is 3.29. The minimum atomic E-state index is 0.694. The Labute approximate surface area is 145 Å². The molecule has 122 valence electrons. The highest BCUT2D eigenvalue weighted by atomic mass is 14.9. The second-order valence-electron chi connectivity index (χ2n) is 7.02. The molecule has 1 heterocycles. The van der Waals surface area contributed by atoms with E-state index in [1.807, 2.05) is 0 Å². The molecule has 0 aliphatic carbocycles. The number of aromatic nitrogens is 1. The van der Waals surface area contributed by atoms with Crippen LogP contribution >= 0.6 is 0 Å². The molecule has 0 radical (unpaired) electrons. The molecule has 24 heavy (non-hydrogen) atoms. The Morgan fingerprint density at radius 3 is 2.25 bits per heavy atom. The van der Waals surface area contributed by atoms with Crippen LogP contribution in [0.4, 0.5) is 0 Å². The number of aryl methyl sites for hydroxylation is 2. The summed E-state index contributed by atoms with van der Waals surface area (Å²) in [7, 11) is 2.11. The molecule has 0 spiro atoms. The second-order valence-corrected chi connectivity index (χ2v) is 7.02. The van der Waals surface area contributed by atoms with Crippen LogP contribution in [0.25, 0.3) is 22.4 Å². The number of nitrogens with zero attached hydrogens (tertiary/aromatic N) is 1. The highest BCUT2D eigenvalue weighted by molar-refractivity contribution is 5.70. The van der Waals surface area contributed by atoms with Crippen molar-refractivity contribution < 1.29 is 4.57 Å². The molecule has 1 nitrogen and oxygen atoms in total. The zero-order valence-electron chi connectivity index (χ0n) is 15.1. The standard InChI is InChI=1S/C23H26N/c1-17(2)15-19-9-11-20(12-10-19)21-13-14-24(4)23(16-21)22-8-6-5-7-18(22)3/h5-14,16-17H,15H2,1-4H3/q+1. The third kappa shape index (κ3) is 3.56. The zero-order valence-corrected chi connectivity index (χ0v) is 15.1. The van der Waals surface area contributed by atoms with Crippen molar-refractivity contribution in [2.24, 2.45) is 13.0 Å². The number of hydrogen-bond acceptors (Lipinski definition) is 0. The third-order valence-corrected chi connectivity index (χ3v) is 4.50. The van der Waals surface area contributed by atoms with E-state index in [-0.39, 0.29) is 0 Å². The molecular weight excluding hydrogens is 290 g/mol. The highest BCUT2D eigenvalue weighted by Gasteiger charge is 2.13. The first-order valence-electron chi connectivity index (χ1n) is 8.69. The number of hydrogen-bond donors (Lipinski definition) is 0. The molecule has 0 N–H and O–H groups in total. The van der Waals surface area contributed by atoms with Crippen molar-refractivity contribution in [1.29, 1.82) is 0 Å². The van der Waals surface area contributed by atoms with E-state index >= 15 is 0 Å². The van der Waals surface area contributed by atoms with E-state index < -0.39 is 0 Å². The third-order valence-electron chi connectivity index (χ3n) is 4.50. The fourth-order valence-electron chi connectivity index (χ4n) is 3.18. The second kappa shape index (κ2) is 7.00. The Balaban J connectivity index is 1.98. The predicted molar refractivity (Wildman–Crippen MR) is 102 cm³/mol. The van der Waals surface area contributed by atoms with Gasteiger partial charge >= 0.3 is 0 Å². The molecule has 0 amide bonds. The van der Waals surface area contributed by atoms with E-state index in [2.05, 4.69) is 99.2 Å². The Hall–Kier alpha value is -2.41. The molecule has 0 saturated carbocycles. The summed E-state index contributed by atoms with van der Waals surface area (Å²) >= 11 is 0. The van der Waals surface area contributed by atoms with E-state index in [4.69, 9.17) is 0 Å². The van der Waals surface area contributed by atoms with Crippen LogP contribution in [0.3, 0.4) is 0 Å². The lowest BCUT2D eigenvalue weighted by Gasteiger charge is -2.08. The van der Waals surface area contributed by atoms with Crippen molar-refractivity contribution in [3.05, 3.63) is 78.0 Å². The first-order chi connectivity index (χ1) is 11.5. The minimum Gasteiger partial charge on any atom is -0.201 e. The minimum absolute atomic E-state index is 0.694. The molecule has 3 aromatic rings. The Morgan fingerprint density at radius 1 is 0.875 bits per heavy atom. The van der Waals surface area contributed by atoms with Crippen molar-refractivity contribution in [2.75, 3.05) is 0 Å². The van der Waals surface area contributed by atoms with E-state index in [1.54, 1.807) is 0 Å². The molecule has 0 saturated heterocycles. The highest BCUT2D eigenvalue weighted by Crippen LogP contribution is 2.26. The smallest absolute Gasteiger partial charge is 0.201 e. The van der Waals surface area contributed by atoms with Crippen LogP contribution < -0.4 is 4.57 Å². The lowest BCUT2D eigenvalue weighted by Crippen LogP contribution is -2.30. The fourth-order valence-corrected chi connectivity index (χ4v) is 3.18. The maximum atomic E-state index is 2.29. The summed E-state index contributed by atoms with van der Waals surface area (Å²) in [6.45, 7) is 6.70. The molecular formula is C23H26N+. The number of pyridine rings is 1. The maximum absolute atomic E-state index is 2.29. The van der Waals surface area contributed by atoms with Crippen LogP contribution in [0, 0.1) is 12.8 Å². The van der Waals surface area contributed by atoms with Crippen molar-refractivity contribution >= 4 is 0 Å². The topological polar surface area (TPSA) is 3.88 Å². The van der Waals surface area contributed by atoms with Gasteiger partial charge in [-0.3, -0.25) is 0 Å². The van der Waals surface area contributed by atoms with Gasteiger partial charge in [-0.1, -0.05) is 56.3 Å². The van der Waals surface area contributed by atoms with Gasteiger partial charge in [0.2, 0.25) is 5.69 Å². The SMILES string of the molecule is Cc1ccccc1-c1cc(-c2ccc(CC(C)C)cc2)cc[n+]1C. The van der Waals surface area contributed by atoms with Gasteiger partial charge < -0.3 is 0 Å². The van der Waals surface area contributed by atoms with Crippen LogP contribution in [0.15, 0.2) is 66.9 Å². The van der Waals surface area contributed by atoms with E-state index in [0.29, 0.717) is 5.92 Å². The summed E-state index contributed by atoms with van der Waals surface area (Å²) in [6, 6.07) is 22.1. The normalized spacial score (nSPS) is 11.0. The summed E-state index contributed by atoms with van der Waals surface area (Å²) in [5.74, 6) is 0.694. The maximum Gasteiger partial charge on any atom is 0.213 e. The van der Waals surface area contributed by atoms with Crippen molar-refractivity contribution in [3.63, 3.8) is 0 Å². The van der Waals surface area contributed by atoms with Gasteiger partial charge in [0.15, 0.2) is 6.20 Å². The Kier molecular flexibility index (Phi) is 4.80. The monoisotopic (exact) mass is 316 g/mol. The molecule has 0 unspecified atom stereocenters. The molecule has 0 fully saturated rings. The quantitative estimate of drug-likeness (QED) is 0.571. The van der Waals surface area contributed by atoms with Crippen molar-refractivity contribution in [2.45, 2.75) is 27.2 Å². The van der Waals surface area contributed by atoms with E-state index in [1.165, 1.54) is 33.5 Å². The first-order valence-corrected chi connectivity index (χ1v) is 8.69. The number of benzene rings is 2. The molecule has 1 heteroatoms. The van der Waals surface area contributed by atoms with Crippen LogP contribution in [0.1, 0.15) is 25.0 Å². The van der Waals surface area contributed by atoms with Crippen LogP contribution in [-0.2, 0) is 13.5 Å². The lowest BCUT2D eigenvalue weighted by molar-refractivity contribution is -0.660. The van der Waals surface area contributed by atoms with Crippen LogP contribution in [-0.4, -0.2) is 0 Å². The van der Waals surface area contributed by atoms with Gasteiger partial charge in [0.25, 0.3) is 0 Å². The van der Waals surface area contributed by atoms with E-state index in [0.717, 1.165) is 6.42 Å².